The topological polar surface area (TPSA) is 0 Å². The summed E-state index contributed by atoms with van der Waals surface area (Å²) in [4.78, 5) is 0. The molecule has 0 amide bonds. The van der Waals surface area contributed by atoms with Crippen LogP contribution >= 0.6 is 0 Å². The molecule has 32 valence electrons. The van der Waals surface area contributed by atoms with E-state index in [1.807, 2.05) is 63.9 Å². The summed E-state index contributed by atoms with van der Waals surface area (Å²) >= 11 is 3.88. The first-order valence-corrected chi connectivity index (χ1v) is 4.16. The van der Waals surface area contributed by atoms with Gasteiger partial charge in [0, 0.05) is 0 Å². The predicted octanol–water partition coefficient (Wildman–Crippen LogP) is -0.516. The van der Waals surface area contributed by atoms with Gasteiger partial charge in [0.1, 0.15) is 0 Å². The second kappa shape index (κ2) is 6.06. The van der Waals surface area contributed by atoms with Gasteiger partial charge >= 0.3 is 63.9 Å². The fourth-order valence-corrected chi connectivity index (χ4v) is 0.609. The van der Waals surface area contributed by atoms with E-state index >= 15 is 0 Å². The van der Waals surface area contributed by atoms with Gasteiger partial charge in [-0.15, -0.1) is 0 Å². The Balaban J connectivity index is 3.17. The quantitative estimate of drug-likeness (QED) is 0.603. The van der Waals surface area contributed by atoms with Gasteiger partial charge in [-0.2, -0.15) is 0 Å². The van der Waals surface area contributed by atoms with Gasteiger partial charge in [-0.25, -0.2) is 0 Å². The van der Waals surface area contributed by atoms with Crippen LogP contribution in [-0.2, 0) is 0 Å². The van der Waals surface area contributed by atoms with Gasteiger partial charge in [0.05, 0.1) is 0 Å². The van der Waals surface area contributed by atoms with Gasteiger partial charge < -0.3 is 0 Å². The standard InChI is InChI=1S/C4H4Te2/c5-3-1-2-4-6/h1-4H/b2-1-. The Morgan fingerprint density at radius 1 is 0.833 bits per heavy atom. The summed E-state index contributed by atoms with van der Waals surface area (Å²) in [6.07, 6.45) is 4.01. The third-order valence-electron chi connectivity index (χ3n) is 0.268. The van der Waals surface area contributed by atoms with Crippen LogP contribution in [0.25, 0.3) is 0 Å². The molecule has 0 aliphatic heterocycles. The molecular weight excluding hydrogens is 303 g/mol. The molecule has 0 fully saturated rings. The molecule has 0 N–H and O–H groups in total. The molecule has 0 saturated carbocycles. The van der Waals surface area contributed by atoms with Crippen molar-refractivity contribution in [1.29, 1.82) is 0 Å². The minimum atomic E-state index is 1.94. The number of hydrogen-bond acceptors (Lipinski definition) is 0. The molecule has 0 spiro atoms. The van der Waals surface area contributed by atoms with Gasteiger partial charge in [-0.1, -0.05) is 0 Å². The van der Waals surface area contributed by atoms with Gasteiger partial charge in [-0.05, 0) is 0 Å². The van der Waals surface area contributed by atoms with E-state index in [1.165, 1.54) is 0 Å². The van der Waals surface area contributed by atoms with Crippen LogP contribution in [0.15, 0.2) is 12.2 Å². The molecule has 0 saturated heterocycles. The van der Waals surface area contributed by atoms with E-state index in [4.69, 9.17) is 0 Å². The van der Waals surface area contributed by atoms with E-state index in [-0.39, 0.29) is 0 Å². The summed E-state index contributed by atoms with van der Waals surface area (Å²) in [7, 11) is 0. The zero-order valence-electron chi connectivity index (χ0n) is 3.13. The van der Waals surface area contributed by atoms with Crippen LogP contribution < -0.4 is 0 Å². The molecule has 0 aromatic carbocycles. The van der Waals surface area contributed by atoms with E-state index in [2.05, 4.69) is 0 Å². The zero-order valence-corrected chi connectivity index (χ0v) is 7.79. The van der Waals surface area contributed by atoms with Crippen molar-refractivity contribution in [3.63, 3.8) is 0 Å². The van der Waals surface area contributed by atoms with Crippen molar-refractivity contribution in [3.05, 3.63) is 12.2 Å². The molecule has 2 heteroatoms. The van der Waals surface area contributed by atoms with Crippen molar-refractivity contribution in [2.24, 2.45) is 0 Å². The Hall–Kier alpha value is 1.06. The summed E-state index contributed by atoms with van der Waals surface area (Å²) in [5.74, 6) is 0. The van der Waals surface area contributed by atoms with Crippen LogP contribution in [0.1, 0.15) is 0 Å². The Kier molecular flexibility index (Phi) is 7.13. The average molecular weight is 307 g/mol. The van der Waals surface area contributed by atoms with Crippen molar-refractivity contribution in [2.75, 3.05) is 0 Å². The molecule has 0 rings (SSSR count). The molecule has 0 aliphatic rings. The Morgan fingerprint density at radius 2 is 1.17 bits per heavy atom. The molecule has 0 nitrogen and oxygen atoms in total. The van der Waals surface area contributed by atoms with Crippen LogP contribution in [0.2, 0.25) is 0 Å². The molecule has 0 aromatic heterocycles. The Labute approximate surface area is 63.4 Å². The summed E-state index contributed by atoms with van der Waals surface area (Å²) in [5, 5.41) is 0. The Morgan fingerprint density at radius 3 is 1.33 bits per heavy atom. The number of allylic oxidation sites excluding steroid dienone is 2. The maximum atomic E-state index is 2.01. The molecule has 0 radical (unpaired) electrons. The summed E-state index contributed by atoms with van der Waals surface area (Å²) in [5.41, 5.74) is 0. The molecule has 0 atom stereocenters. The van der Waals surface area contributed by atoms with Crippen LogP contribution in [-0.4, -0.2) is 51.8 Å². The first kappa shape index (κ1) is 7.06. The molecule has 0 heterocycles. The van der Waals surface area contributed by atoms with Crippen LogP contribution in [0, 0.1) is 0 Å². The summed E-state index contributed by atoms with van der Waals surface area (Å²) < 4.78 is 4.02. The molecule has 6 heavy (non-hydrogen) atoms. The predicted molar refractivity (Wildman–Crippen MR) is 32.8 cm³/mol. The third-order valence-corrected chi connectivity index (χ3v) is 1.17. The summed E-state index contributed by atoms with van der Waals surface area (Å²) in [6, 6.07) is 0. The monoisotopic (exact) mass is 312 g/mol. The van der Waals surface area contributed by atoms with E-state index in [9.17, 15) is 0 Å². The average Bonchev–Trinajstić information content (AvgIpc) is 1.61. The van der Waals surface area contributed by atoms with Gasteiger partial charge in [0.15, 0.2) is 0 Å². The van der Waals surface area contributed by atoms with Crippen molar-refractivity contribution >= 4 is 51.8 Å². The van der Waals surface area contributed by atoms with Gasteiger partial charge in [0.2, 0.25) is 0 Å². The van der Waals surface area contributed by atoms with E-state index in [0.29, 0.717) is 0 Å². The third kappa shape index (κ3) is 5.06. The second-order valence-corrected chi connectivity index (χ2v) is 2.21. The van der Waals surface area contributed by atoms with Crippen molar-refractivity contribution < 1.29 is 0 Å². The number of hydrogen-bond donors (Lipinski definition) is 0. The van der Waals surface area contributed by atoms with E-state index in [0.717, 1.165) is 0 Å². The van der Waals surface area contributed by atoms with Crippen LogP contribution in [0.3, 0.4) is 0 Å². The van der Waals surface area contributed by atoms with Crippen molar-refractivity contribution in [3.8, 4) is 0 Å². The van der Waals surface area contributed by atoms with Gasteiger partial charge in [-0.3, -0.25) is 0 Å². The SMILES string of the molecule is [Te]=C/C=C\C=[Te]. The molecule has 0 aromatic rings. The molecule has 0 unspecified atom stereocenters. The van der Waals surface area contributed by atoms with Crippen LogP contribution in [0.5, 0.6) is 0 Å². The second-order valence-electron chi connectivity index (χ2n) is 0.657. The Bertz CT molecular complexity index is 63.6. The number of rotatable bonds is 2. The normalized spacial score (nSPS) is 8.67. The van der Waals surface area contributed by atoms with Crippen LogP contribution in [0.4, 0.5) is 0 Å². The molecule has 0 bridgehead atoms. The minimum absolute atomic E-state index is 1.94. The van der Waals surface area contributed by atoms with E-state index < -0.39 is 0 Å². The maximum absolute atomic E-state index is 2.01. The first-order valence-electron chi connectivity index (χ1n) is 1.47. The van der Waals surface area contributed by atoms with Crippen molar-refractivity contribution in [1.82, 2.24) is 0 Å². The van der Waals surface area contributed by atoms with E-state index in [1.54, 1.807) is 0 Å². The molecule has 0 aliphatic carbocycles. The fraction of sp³-hybridized carbons (Fsp3) is 0. The first-order chi connectivity index (χ1) is 2.91. The van der Waals surface area contributed by atoms with Gasteiger partial charge in [0.25, 0.3) is 0 Å². The molecular formula is C4H4Te2. The fourth-order valence-electron chi connectivity index (χ4n) is 0.0907. The summed E-state index contributed by atoms with van der Waals surface area (Å²) in [6.45, 7) is 0. The zero-order chi connectivity index (χ0) is 4.83. The van der Waals surface area contributed by atoms with Crippen molar-refractivity contribution in [2.45, 2.75) is 0 Å².